The first-order valence-corrected chi connectivity index (χ1v) is 7.36. The molecule has 5 nitrogen and oxygen atoms in total. The molecule has 0 saturated heterocycles. The summed E-state index contributed by atoms with van der Waals surface area (Å²) in [6.45, 7) is 1.73. The summed E-state index contributed by atoms with van der Waals surface area (Å²) in [6, 6.07) is -0.396. The molecule has 0 unspecified atom stereocenters. The van der Waals surface area contributed by atoms with Crippen LogP contribution in [0.4, 0.5) is 13.2 Å². The van der Waals surface area contributed by atoms with Gasteiger partial charge in [0.15, 0.2) is 5.69 Å². The number of amides is 1. The van der Waals surface area contributed by atoms with Crippen molar-refractivity contribution in [3.05, 3.63) is 33.0 Å². The van der Waals surface area contributed by atoms with Gasteiger partial charge in [0.1, 0.15) is 15.7 Å². The van der Waals surface area contributed by atoms with Gasteiger partial charge in [-0.25, -0.2) is 4.98 Å². The molecule has 1 amide bonds. The van der Waals surface area contributed by atoms with Crippen molar-refractivity contribution in [3.8, 4) is 0 Å². The Labute approximate surface area is 133 Å². The fourth-order valence-corrected chi connectivity index (χ4v) is 2.95. The van der Waals surface area contributed by atoms with Crippen LogP contribution in [0.1, 0.15) is 34.2 Å². The topological polar surface area (TPSA) is 51.0 Å². The quantitative estimate of drug-likeness (QED) is 0.851. The van der Waals surface area contributed by atoms with E-state index >= 15 is 0 Å². The van der Waals surface area contributed by atoms with E-state index in [2.05, 4.69) is 10.1 Å². The molecule has 0 aromatic carbocycles. The summed E-state index contributed by atoms with van der Waals surface area (Å²) < 4.78 is 39.2. The molecule has 1 atom stereocenters. The van der Waals surface area contributed by atoms with Crippen LogP contribution in [-0.2, 0) is 13.2 Å². The first-order valence-electron chi connectivity index (χ1n) is 6.10. The first kappa shape index (κ1) is 16.8. The van der Waals surface area contributed by atoms with Crippen LogP contribution in [0, 0.1) is 0 Å². The molecule has 0 fully saturated rings. The molecule has 2 aromatic rings. The van der Waals surface area contributed by atoms with Gasteiger partial charge in [0.25, 0.3) is 5.91 Å². The first-order chi connectivity index (χ1) is 10.1. The molecule has 0 bridgehead atoms. The zero-order valence-electron chi connectivity index (χ0n) is 11.8. The van der Waals surface area contributed by atoms with E-state index in [-0.39, 0.29) is 5.69 Å². The van der Waals surface area contributed by atoms with Gasteiger partial charge in [0.2, 0.25) is 0 Å². The van der Waals surface area contributed by atoms with Crippen molar-refractivity contribution in [3.63, 3.8) is 0 Å². The number of nitrogens with zero attached hydrogens (tertiary/aromatic N) is 4. The lowest BCUT2D eigenvalue weighted by atomic mass is 10.2. The lowest BCUT2D eigenvalue weighted by Crippen LogP contribution is -2.31. The number of hydrogen-bond acceptors (Lipinski definition) is 4. The molecular formula is C12H12ClF3N4OS. The van der Waals surface area contributed by atoms with Gasteiger partial charge in [-0.15, -0.1) is 11.3 Å². The third kappa shape index (κ3) is 2.95. The molecule has 0 aliphatic rings. The minimum atomic E-state index is -4.72. The Morgan fingerprint density at radius 3 is 2.59 bits per heavy atom. The Bertz CT molecular complexity index is 683. The number of aromatic nitrogens is 3. The minimum Gasteiger partial charge on any atom is -0.331 e. The van der Waals surface area contributed by atoms with Crippen molar-refractivity contribution in [1.82, 2.24) is 19.7 Å². The number of carbonyl (C=O) groups excluding carboxylic acids is 1. The van der Waals surface area contributed by atoms with Gasteiger partial charge in [-0.1, -0.05) is 11.6 Å². The lowest BCUT2D eigenvalue weighted by molar-refractivity contribution is -0.141. The van der Waals surface area contributed by atoms with Gasteiger partial charge >= 0.3 is 6.18 Å². The van der Waals surface area contributed by atoms with E-state index < -0.39 is 28.8 Å². The van der Waals surface area contributed by atoms with Crippen molar-refractivity contribution in [2.45, 2.75) is 19.1 Å². The van der Waals surface area contributed by atoms with E-state index in [1.54, 1.807) is 18.5 Å². The molecule has 0 aliphatic carbocycles. The SMILES string of the molecule is C[C@H](c1nccs1)N(C)C(=O)c1c(Cl)c(C(F)(F)F)nn1C. The third-order valence-electron chi connectivity index (χ3n) is 3.17. The van der Waals surface area contributed by atoms with Crippen LogP contribution in [0.3, 0.4) is 0 Å². The summed E-state index contributed by atoms with van der Waals surface area (Å²) in [7, 11) is 2.72. The molecular weight excluding hydrogens is 341 g/mol. The van der Waals surface area contributed by atoms with Gasteiger partial charge in [0.05, 0.1) is 6.04 Å². The maximum absolute atomic E-state index is 12.8. The molecule has 0 radical (unpaired) electrons. The smallest absolute Gasteiger partial charge is 0.331 e. The average Bonchev–Trinajstić information content (AvgIpc) is 3.04. The van der Waals surface area contributed by atoms with E-state index in [9.17, 15) is 18.0 Å². The highest BCUT2D eigenvalue weighted by Gasteiger charge is 2.40. The molecule has 2 rings (SSSR count). The molecule has 2 heterocycles. The summed E-state index contributed by atoms with van der Waals surface area (Å²) >= 11 is 7.07. The van der Waals surface area contributed by atoms with Crippen LogP contribution in [-0.4, -0.2) is 32.6 Å². The van der Waals surface area contributed by atoms with E-state index in [1.165, 1.54) is 30.3 Å². The monoisotopic (exact) mass is 352 g/mol. The van der Waals surface area contributed by atoms with E-state index in [0.717, 1.165) is 4.68 Å². The van der Waals surface area contributed by atoms with Crippen LogP contribution in [0.5, 0.6) is 0 Å². The number of aryl methyl sites for hydroxylation is 1. The second-order valence-corrected chi connectivity index (χ2v) is 5.90. The second kappa shape index (κ2) is 5.88. The van der Waals surface area contributed by atoms with Gasteiger partial charge in [-0.05, 0) is 6.92 Å². The van der Waals surface area contributed by atoms with Crippen LogP contribution in [0.2, 0.25) is 5.02 Å². The highest BCUT2D eigenvalue weighted by atomic mass is 35.5. The standard InChI is InChI=1S/C12H12ClF3N4OS/c1-6(10-17-4-5-22-10)19(2)11(21)8-7(13)9(12(14,15)16)18-20(8)3/h4-6H,1-3H3/t6-/m1/s1. The highest BCUT2D eigenvalue weighted by molar-refractivity contribution is 7.09. The third-order valence-corrected chi connectivity index (χ3v) is 4.47. The number of alkyl halides is 3. The fourth-order valence-electron chi connectivity index (χ4n) is 1.86. The van der Waals surface area contributed by atoms with Gasteiger partial charge in [-0.2, -0.15) is 18.3 Å². The minimum absolute atomic E-state index is 0.306. The molecule has 120 valence electrons. The molecule has 0 aliphatic heterocycles. The largest absolute Gasteiger partial charge is 0.436 e. The number of hydrogen-bond donors (Lipinski definition) is 0. The zero-order valence-corrected chi connectivity index (χ0v) is 13.4. The Morgan fingerprint density at radius 1 is 1.50 bits per heavy atom. The zero-order chi connectivity index (χ0) is 16.7. The van der Waals surface area contributed by atoms with Crippen LogP contribution in [0.15, 0.2) is 11.6 Å². The summed E-state index contributed by atoms with van der Waals surface area (Å²) in [6.07, 6.45) is -3.12. The summed E-state index contributed by atoms with van der Waals surface area (Å²) in [5.74, 6) is -0.654. The number of carbonyl (C=O) groups is 1. The summed E-state index contributed by atoms with van der Waals surface area (Å²) in [5.41, 5.74) is -1.57. The average molecular weight is 353 g/mol. The Morgan fingerprint density at radius 2 is 2.14 bits per heavy atom. The number of rotatable bonds is 3. The van der Waals surface area contributed by atoms with Crippen molar-refractivity contribution < 1.29 is 18.0 Å². The van der Waals surface area contributed by atoms with Gasteiger partial charge in [-0.3, -0.25) is 9.48 Å². The van der Waals surface area contributed by atoms with E-state index in [0.29, 0.717) is 5.01 Å². The molecule has 2 aromatic heterocycles. The molecule has 0 saturated carbocycles. The Kier molecular flexibility index (Phi) is 4.48. The van der Waals surface area contributed by atoms with Crippen LogP contribution in [0.25, 0.3) is 0 Å². The summed E-state index contributed by atoms with van der Waals surface area (Å²) in [5, 5.41) is 5.03. The maximum atomic E-state index is 12.8. The summed E-state index contributed by atoms with van der Waals surface area (Å²) in [4.78, 5) is 17.8. The van der Waals surface area contributed by atoms with Crippen LogP contribution >= 0.6 is 22.9 Å². The Hall–Kier alpha value is -1.61. The predicted octanol–water partition coefficient (Wildman–Crippen LogP) is 3.38. The van der Waals surface area contributed by atoms with Crippen molar-refractivity contribution in [1.29, 1.82) is 0 Å². The second-order valence-electron chi connectivity index (χ2n) is 4.59. The van der Waals surface area contributed by atoms with Crippen molar-refractivity contribution in [2.24, 2.45) is 7.05 Å². The van der Waals surface area contributed by atoms with Crippen LogP contribution < -0.4 is 0 Å². The maximum Gasteiger partial charge on any atom is 0.436 e. The van der Waals surface area contributed by atoms with Gasteiger partial charge in [0, 0.05) is 25.7 Å². The molecule has 10 heteroatoms. The highest BCUT2D eigenvalue weighted by Crippen LogP contribution is 2.36. The number of halogens is 4. The normalized spacial score (nSPS) is 13.2. The van der Waals surface area contributed by atoms with Crippen molar-refractivity contribution in [2.75, 3.05) is 7.05 Å². The van der Waals surface area contributed by atoms with E-state index in [4.69, 9.17) is 11.6 Å². The van der Waals surface area contributed by atoms with Crippen molar-refractivity contribution >= 4 is 28.8 Å². The molecule has 0 N–H and O–H groups in total. The molecule has 22 heavy (non-hydrogen) atoms. The van der Waals surface area contributed by atoms with Gasteiger partial charge < -0.3 is 4.90 Å². The van der Waals surface area contributed by atoms with E-state index in [1.807, 2.05) is 0 Å². The lowest BCUT2D eigenvalue weighted by Gasteiger charge is -2.23. The fraction of sp³-hybridized carbons (Fsp3) is 0.417. The number of thiazole rings is 1. The molecule has 0 spiro atoms. The predicted molar refractivity (Wildman–Crippen MR) is 75.8 cm³/mol. The Balaban J connectivity index is 2.36.